The highest BCUT2D eigenvalue weighted by molar-refractivity contribution is 7.09. The fourth-order valence-corrected chi connectivity index (χ4v) is 4.16. The molecule has 0 spiro atoms. The number of nitrogens with zero attached hydrogens (tertiary/aromatic N) is 1. The Balaban J connectivity index is 1.55. The van der Waals surface area contributed by atoms with E-state index < -0.39 is 0 Å². The molecule has 1 aromatic carbocycles. The zero-order chi connectivity index (χ0) is 14.1. The molecule has 0 bridgehead atoms. The Morgan fingerprint density at radius 2 is 1.95 bits per heavy atom. The zero-order valence-electron chi connectivity index (χ0n) is 12.2. The minimum absolute atomic E-state index is 0.503. The molecule has 1 aliphatic carbocycles. The van der Waals surface area contributed by atoms with Crippen LogP contribution in [-0.4, -0.2) is 24.0 Å². The van der Waals surface area contributed by atoms with Gasteiger partial charge in [0.1, 0.15) is 0 Å². The summed E-state index contributed by atoms with van der Waals surface area (Å²) >= 11 is 1.88. The van der Waals surface area contributed by atoms with Gasteiger partial charge in [-0.3, -0.25) is 4.90 Å². The number of hydrogen-bond acceptors (Lipinski definition) is 3. The first kappa shape index (κ1) is 13.5. The third-order valence-electron chi connectivity index (χ3n) is 4.76. The molecule has 0 amide bonds. The zero-order valence-corrected chi connectivity index (χ0v) is 13.1. The molecule has 1 saturated heterocycles. The SMILES string of the molecule is c1ccc(C2CNC(C3CC3)CN2Cc2cccs2)cc1. The van der Waals surface area contributed by atoms with Crippen LogP contribution in [0.3, 0.4) is 0 Å². The molecule has 2 atom stereocenters. The van der Waals surface area contributed by atoms with Crippen molar-refractivity contribution in [1.29, 1.82) is 0 Å². The first-order valence-corrected chi connectivity index (χ1v) is 8.83. The van der Waals surface area contributed by atoms with Crippen LogP contribution in [0.1, 0.15) is 29.3 Å². The summed E-state index contributed by atoms with van der Waals surface area (Å²) in [7, 11) is 0. The molecule has 3 heteroatoms. The maximum Gasteiger partial charge on any atom is 0.0477 e. The summed E-state index contributed by atoms with van der Waals surface area (Å²) in [6.45, 7) is 3.35. The Labute approximate surface area is 130 Å². The van der Waals surface area contributed by atoms with Gasteiger partial charge in [0.2, 0.25) is 0 Å². The number of nitrogens with one attached hydrogen (secondary N) is 1. The molecule has 2 aromatic rings. The molecule has 2 fully saturated rings. The fraction of sp³-hybridized carbons (Fsp3) is 0.444. The van der Waals surface area contributed by atoms with E-state index in [1.165, 1.54) is 29.8 Å². The smallest absolute Gasteiger partial charge is 0.0477 e. The molecule has 1 saturated carbocycles. The van der Waals surface area contributed by atoms with Crippen molar-refractivity contribution in [2.75, 3.05) is 13.1 Å². The van der Waals surface area contributed by atoms with Crippen LogP contribution in [-0.2, 0) is 6.54 Å². The lowest BCUT2D eigenvalue weighted by Gasteiger charge is -2.40. The van der Waals surface area contributed by atoms with Crippen molar-refractivity contribution < 1.29 is 0 Å². The molecule has 2 heterocycles. The van der Waals surface area contributed by atoms with E-state index in [0.717, 1.165) is 19.0 Å². The summed E-state index contributed by atoms with van der Waals surface area (Å²) in [4.78, 5) is 4.16. The highest BCUT2D eigenvalue weighted by Crippen LogP contribution is 2.37. The summed E-state index contributed by atoms with van der Waals surface area (Å²) in [5, 5.41) is 5.99. The Hall–Kier alpha value is -1.16. The van der Waals surface area contributed by atoms with Gasteiger partial charge in [0.25, 0.3) is 0 Å². The van der Waals surface area contributed by atoms with Gasteiger partial charge < -0.3 is 5.32 Å². The van der Waals surface area contributed by atoms with Crippen molar-refractivity contribution >= 4 is 11.3 Å². The van der Waals surface area contributed by atoms with E-state index in [0.29, 0.717) is 12.1 Å². The van der Waals surface area contributed by atoms with E-state index >= 15 is 0 Å². The molecule has 2 unspecified atom stereocenters. The van der Waals surface area contributed by atoms with Gasteiger partial charge in [0.05, 0.1) is 0 Å². The van der Waals surface area contributed by atoms with E-state index in [1.54, 1.807) is 0 Å². The molecular weight excluding hydrogens is 276 g/mol. The number of piperazine rings is 1. The van der Waals surface area contributed by atoms with Gasteiger partial charge in [-0.2, -0.15) is 0 Å². The van der Waals surface area contributed by atoms with Crippen molar-refractivity contribution in [2.45, 2.75) is 31.5 Å². The van der Waals surface area contributed by atoms with Gasteiger partial charge in [-0.05, 0) is 35.8 Å². The van der Waals surface area contributed by atoms with Gasteiger partial charge in [-0.25, -0.2) is 0 Å². The van der Waals surface area contributed by atoms with Crippen molar-refractivity contribution in [3.8, 4) is 0 Å². The second-order valence-corrected chi connectivity index (χ2v) is 7.32. The number of thiophene rings is 1. The van der Waals surface area contributed by atoms with Crippen LogP contribution in [0.15, 0.2) is 47.8 Å². The fourth-order valence-electron chi connectivity index (χ4n) is 3.43. The third kappa shape index (κ3) is 3.05. The molecule has 1 aliphatic heterocycles. The van der Waals surface area contributed by atoms with E-state index in [1.807, 2.05) is 11.3 Å². The highest BCUT2D eigenvalue weighted by atomic mass is 32.1. The lowest BCUT2D eigenvalue weighted by atomic mass is 9.99. The predicted molar refractivity (Wildman–Crippen MR) is 88.4 cm³/mol. The maximum atomic E-state index is 3.80. The minimum atomic E-state index is 0.503. The Morgan fingerprint density at radius 1 is 1.10 bits per heavy atom. The summed E-state index contributed by atoms with van der Waals surface area (Å²) in [6, 6.07) is 16.6. The molecular formula is C18H22N2S. The number of benzene rings is 1. The number of hydrogen-bond donors (Lipinski definition) is 1. The largest absolute Gasteiger partial charge is 0.311 e. The quantitative estimate of drug-likeness (QED) is 0.926. The van der Waals surface area contributed by atoms with E-state index in [9.17, 15) is 0 Å². The van der Waals surface area contributed by atoms with Crippen LogP contribution in [0.4, 0.5) is 0 Å². The van der Waals surface area contributed by atoms with E-state index in [2.05, 4.69) is 58.1 Å². The second kappa shape index (κ2) is 5.91. The first-order valence-electron chi connectivity index (χ1n) is 7.95. The molecule has 1 aromatic heterocycles. The predicted octanol–water partition coefficient (Wildman–Crippen LogP) is 3.67. The lowest BCUT2D eigenvalue weighted by Crippen LogP contribution is -2.52. The van der Waals surface area contributed by atoms with E-state index in [4.69, 9.17) is 0 Å². The molecule has 1 N–H and O–H groups in total. The first-order chi connectivity index (χ1) is 10.4. The highest BCUT2D eigenvalue weighted by Gasteiger charge is 2.37. The maximum absolute atomic E-state index is 3.80. The van der Waals surface area contributed by atoms with Crippen LogP contribution < -0.4 is 5.32 Å². The Bertz CT molecular complexity index is 562. The van der Waals surface area contributed by atoms with Crippen molar-refractivity contribution in [3.05, 3.63) is 58.3 Å². The summed E-state index contributed by atoms with van der Waals surface area (Å²) in [5.41, 5.74) is 1.44. The number of rotatable bonds is 4. The van der Waals surface area contributed by atoms with Gasteiger partial charge in [0, 0.05) is 36.6 Å². The average Bonchev–Trinajstić information content (AvgIpc) is 3.26. The van der Waals surface area contributed by atoms with Gasteiger partial charge >= 0.3 is 0 Å². The molecule has 4 rings (SSSR count). The topological polar surface area (TPSA) is 15.3 Å². The van der Waals surface area contributed by atoms with Crippen molar-refractivity contribution in [3.63, 3.8) is 0 Å². The van der Waals surface area contributed by atoms with Crippen LogP contribution in [0.2, 0.25) is 0 Å². The van der Waals surface area contributed by atoms with Crippen LogP contribution in [0, 0.1) is 5.92 Å². The van der Waals surface area contributed by atoms with Gasteiger partial charge in [-0.15, -0.1) is 11.3 Å². The standard InChI is InChI=1S/C18H22N2S/c1-2-5-15(6-3-1)18-11-19-17(14-8-9-14)13-20(18)12-16-7-4-10-21-16/h1-7,10,14,17-19H,8-9,11-13H2. The summed E-state index contributed by atoms with van der Waals surface area (Å²) in [5.74, 6) is 0.924. The van der Waals surface area contributed by atoms with Crippen LogP contribution in [0.25, 0.3) is 0 Å². The van der Waals surface area contributed by atoms with Gasteiger partial charge in [0.15, 0.2) is 0 Å². The van der Waals surface area contributed by atoms with Gasteiger partial charge in [-0.1, -0.05) is 36.4 Å². The van der Waals surface area contributed by atoms with Crippen molar-refractivity contribution in [2.24, 2.45) is 5.92 Å². The molecule has 21 heavy (non-hydrogen) atoms. The molecule has 2 nitrogen and oxygen atoms in total. The second-order valence-electron chi connectivity index (χ2n) is 6.29. The monoisotopic (exact) mass is 298 g/mol. The molecule has 0 radical (unpaired) electrons. The van der Waals surface area contributed by atoms with Crippen LogP contribution >= 0.6 is 11.3 Å². The Morgan fingerprint density at radius 3 is 2.67 bits per heavy atom. The lowest BCUT2D eigenvalue weighted by molar-refractivity contribution is 0.116. The Kier molecular flexibility index (Phi) is 3.80. The molecule has 2 aliphatic rings. The average molecular weight is 298 g/mol. The molecule has 110 valence electrons. The van der Waals surface area contributed by atoms with Crippen molar-refractivity contribution in [1.82, 2.24) is 10.2 Å². The third-order valence-corrected chi connectivity index (χ3v) is 5.62. The summed E-state index contributed by atoms with van der Waals surface area (Å²) < 4.78 is 0. The minimum Gasteiger partial charge on any atom is -0.311 e. The van der Waals surface area contributed by atoms with Crippen LogP contribution in [0.5, 0.6) is 0 Å². The normalized spacial score (nSPS) is 26.9. The summed E-state index contributed by atoms with van der Waals surface area (Å²) in [6.07, 6.45) is 2.83. The van der Waals surface area contributed by atoms with E-state index in [-0.39, 0.29) is 0 Å².